The fraction of sp³-hybridized carbons (Fsp3) is 0.296. The van der Waals surface area contributed by atoms with Crippen molar-refractivity contribution in [1.82, 2.24) is 5.32 Å². The predicted octanol–water partition coefficient (Wildman–Crippen LogP) is 6.72. The molecule has 0 aliphatic carbocycles. The Morgan fingerprint density at radius 2 is 1.58 bits per heavy atom. The fourth-order valence-corrected chi connectivity index (χ4v) is 3.29. The quantitative estimate of drug-likeness (QED) is 0.482. The number of alkyl carbamates (subject to hydrolysis) is 1. The van der Waals surface area contributed by atoms with Gasteiger partial charge in [-0.25, -0.2) is 4.79 Å². The van der Waals surface area contributed by atoms with E-state index in [1.54, 1.807) is 7.05 Å². The molecule has 164 valence electrons. The SMILES string of the molecule is C.CNC(=O)OCc1ccccc1-c1ccc(OCc2ccccc2)c(C(C)(C)C)c1. The van der Waals surface area contributed by atoms with Gasteiger partial charge in [-0.05, 0) is 39.8 Å². The molecule has 31 heavy (non-hydrogen) atoms. The van der Waals surface area contributed by atoms with Crippen LogP contribution in [-0.2, 0) is 23.4 Å². The van der Waals surface area contributed by atoms with E-state index in [-0.39, 0.29) is 19.4 Å². The molecular weight excluding hydrogens is 386 g/mol. The van der Waals surface area contributed by atoms with E-state index >= 15 is 0 Å². The summed E-state index contributed by atoms with van der Waals surface area (Å²) in [6, 6.07) is 24.4. The number of nitrogens with one attached hydrogen (secondary N) is 1. The van der Waals surface area contributed by atoms with Crippen molar-refractivity contribution >= 4 is 6.09 Å². The van der Waals surface area contributed by atoms with Crippen LogP contribution in [0.15, 0.2) is 72.8 Å². The Morgan fingerprint density at radius 3 is 2.26 bits per heavy atom. The summed E-state index contributed by atoms with van der Waals surface area (Å²) in [5.74, 6) is 0.884. The monoisotopic (exact) mass is 419 g/mol. The number of hydrogen-bond acceptors (Lipinski definition) is 3. The van der Waals surface area contributed by atoms with Crippen molar-refractivity contribution < 1.29 is 14.3 Å². The first-order chi connectivity index (χ1) is 14.4. The first kappa shape index (κ1) is 24.0. The van der Waals surface area contributed by atoms with E-state index in [1.807, 2.05) is 42.5 Å². The second-order valence-electron chi connectivity index (χ2n) is 8.22. The minimum absolute atomic E-state index is 0. The molecule has 0 heterocycles. The van der Waals surface area contributed by atoms with Crippen LogP contribution in [0.1, 0.15) is 44.9 Å². The highest BCUT2D eigenvalue weighted by Crippen LogP contribution is 2.36. The molecule has 0 saturated carbocycles. The van der Waals surface area contributed by atoms with Gasteiger partial charge in [0.15, 0.2) is 0 Å². The standard InChI is InChI=1S/C26H29NO3.CH4/c1-26(2,3)23-16-20(14-15-24(23)29-17-19-10-6-5-7-11-19)22-13-9-8-12-21(22)18-30-25(28)27-4;/h5-16H,17-18H2,1-4H3,(H,27,28);1H4. The highest BCUT2D eigenvalue weighted by Gasteiger charge is 2.21. The first-order valence-electron chi connectivity index (χ1n) is 10.1. The molecule has 0 aliphatic rings. The number of benzene rings is 3. The molecule has 0 spiro atoms. The molecule has 0 saturated heterocycles. The third-order valence-corrected chi connectivity index (χ3v) is 4.92. The molecule has 0 atom stereocenters. The Bertz CT molecular complexity index is 991. The number of amides is 1. The first-order valence-corrected chi connectivity index (χ1v) is 10.1. The molecule has 0 unspecified atom stereocenters. The Hall–Kier alpha value is -3.27. The molecule has 4 heteroatoms. The average molecular weight is 420 g/mol. The van der Waals surface area contributed by atoms with Gasteiger partial charge in [0, 0.05) is 12.6 Å². The normalized spacial score (nSPS) is 10.7. The minimum Gasteiger partial charge on any atom is -0.489 e. The number of rotatable bonds is 6. The maximum absolute atomic E-state index is 11.5. The minimum atomic E-state index is -0.440. The maximum Gasteiger partial charge on any atom is 0.407 e. The van der Waals surface area contributed by atoms with Gasteiger partial charge in [0.2, 0.25) is 0 Å². The summed E-state index contributed by atoms with van der Waals surface area (Å²) in [5, 5.41) is 2.48. The van der Waals surface area contributed by atoms with E-state index in [9.17, 15) is 4.79 Å². The van der Waals surface area contributed by atoms with Crippen LogP contribution < -0.4 is 10.1 Å². The molecule has 3 aromatic carbocycles. The Balaban J connectivity index is 0.00000341. The summed E-state index contributed by atoms with van der Waals surface area (Å²) in [6.45, 7) is 7.29. The summed E-state index contributed by atoms with van der Waals surface area (Å²) >= 11 is 0. The van der Waals surface area contributed by atoms with Crippen LogP contribution in [0.5, 0.6) is 5.75 Å². The van der Waals surface area contributed by atoms with Crippen LogP contribution in [0.4, 0.5) is 4.79 Å². The van der Waals surface area contributed by atoms with Gasteiger partial charge in [-0.3, -0.25) is 0 Å². The molecule has 3 rings (SSSR count). The zero-order chi connectivity index (χ0) is 21.6. The number of carbonyl (C=O) groups is 1. The highest BCUT2D eigenvalue weighted by atomic mass is 16.5. The number of ether oxygens (including phenoxy) is 2. The van der Waals surface area contributed by atoms with E-state index in [1.165, 1.54) is 0 Å². The lowest BCUT2D eigenvalue weighted by atomic mass is 9.84. The van der Waals surface area contributed by atoms with Gasteiger partial charge in [0.1, 0.15) is 19.0 Å². The molecule has 4 nitrogen and oxygen atoms in total. The summed E-state index contributed by atoms with van der Waals surface area (Å²) < 4.78 is 11.5. The Morgan fingerprint density at radius 1 is 0.903 bits per heavy atom. The third-order valence-electron chi connectivity index (χ3n) is 4.92. The summed E-state index contributed by atoms with van der Waals surface area (Å²) in [7, 11) is 1.55. The van der Waals surface area contributed by atoms with Crippen molar-refractivity contribution in [2.45, 2.75) is 46.8 Å². The largest absolute Gasteiger partial charge is 0.489 e. The summed E-state index contributed by atoms with van der Waals surface area (Å²) in [4.78, 5) is 11.5. The van der Waals surface area contributed by atoms with Gasteiger partial charge < -0.3 is 14.8 Å². The zero-order valence-electron chi connectivity index (χ0n) is 18.1. The lowest BCUT2D eigenvalue weighted by Gasteiger charge is -2.24. The van der Waals surface area contributed by atoms with Gasteiger partial charge in [-0.15, -0.1) is 0 Å². The van der Waals surface area contributed by atoms with Crippen LogP contribution in [0, 0.1) is 0 Å². The molecule has 0 bridgehead atoms. The van der Waals surface area contributed by atoms with E-state index in [0.29, 0.717) is 6.61 Å². The highest BCUT2D eigenvalue weighted by molar-refractivity contribution is 5.71. The molecule has 3 aromatic rings. The van der Waals surface area contributed by atoms with Crippen LogP contribution >= 0.6 is 0 Å². The lowest BCUT2D eigenvalue weighted by Crippen LogP contribution is -2.19. The van der Waals surface area contributed by atoms with Crippen molar-refractivity contribution in [2.24, 2.45) is 0 Å². The van der Waals surface area contributed by atoms with Crippen LogP contribution in [0.25, 0.3) is 11.1 Å². The Kier molecular flexibility index (Phi) is 8.26. The van der Waals surface area contributed by atoms with E-state index in [0.717, 1.165) is 33.6 Å². The van der Waals surface area contributed by atoms with Crippen molar-refractivity contribution in [2.75, 3.05) is 7.05 Å². The fourth-order valence-electron chi connectivity index (χ4n) is 3.29. The molecule has 0 fully saturated rings. The van der Waals surface area contributed by atoms with Crippen molar-refractivity contribution in [1.29, 1.82) is 0 Å². The van der Waals surface area contributed by atoms with Gasteiger partial charge in [0.25, 0.3) is 0 Å². The smallest absolute Gasteiger partial charge is 0.407 e. The maximum atomic E-state index is 11.5. The summed E-state index contributed by atoms with van der Waals surface area (Å²) in [5.41, 5.74) is 5.26. The third kappa shape index (κ3) is 6.35. The Labute approximate surface area is 186 Å². The topological polar surface area (TPSA) is 47.6 Å². The average Bonchev–Trinajstić information content (AvgIpc) is 2.76. The van der Waals surface area contributed by atoms with Crippen molar-refractivity contribution in [3.8, 4) is 16.9 Å². The number of hydrogen-bond donors (Lipinski definition) is 1. The van der Waals surface area contributed by atoms with Gasteiger partial charge in [-0.2, -0.15) is 0 Å². The molecule has 1 amide bonds. The number of carbonyl (C=O) groups excluding carboxylic acids is 1. The zero-order valence-corrected chi connectivity index (χ0v) is 18.1. The van der Waals surface area contributed by atoms with E-state index in [4.69, 9.17) is 9.47 Å². The van der Waals surface area contributed by atoms with E-state index < -0.39 is 6.09 Å². The van der Waals surface area contributed by atoms with Gasteiger partial charge in [0.05, 0.1) is 0 Å². The molecular formula is C27H33NO3. The van der Waals surface area contributed by atoms with Crippen molar-refractivity contribution in [3.05, 3.63) is 89.5 Å². The molecule has 0 aliphatic heterocycles. The van der Waals surface area contributed by atoms with Crippen molar-refractivity contribution in [3.63, 3.8) is 0 Å². The van der Waals surface area contributed by atoms with Gasteiger partial charge in [-0.1, -0.05) is 88.9 Å². The van der Waals surface area contributed by atoms with E-state index in [2.05, 4.69) is 56.4 Å². The lowest BCUT2D eigenvalue weighted by molar-refractivity contribution is 0.142. The molecule has 0 radical (unpaired) electrons. The molecule has 1 N–H and O–H groups in total. The van der Waals surface area contributed by atoms with Crippen LogP contribution in [-0.4, -0.2) is 13.1 Å². The summed E-state index contributed by atoms with van der Waals surface area (Å²) in [6.07, 6.45) is -0.440. The molecule has 0 aromatic heterocycles. The van der Waals surface area contributed by atoms with Crippen LogP contribution in [0.2, 0.25) is 0 Å². The van der Waals surface area contributed by atoms with Crippen LogP contribution in [0.3, 0.4) is 0 Å². The predicted molar refractivity (Wildman–Crippen MR) is 127 cm³/mol. The second kappa shape index (κ2) is 10.7. The second-order valence-corrected chi connectivity index (χ2v) is 8.22. The van der Waals surface area contributed by atoms with Gasteiger partial charge >= 0.3 is 6.09 Å².